The number of imidazole rings is 1. The van der Waals surface area contributed by atoms with Crippen molar-refractivity contribution in [2.45, 2.75) is 25.3 Å². The fraction of sp³-hybridized carbons (Fsp3) is 0.300. The monoisotopic (exact) mass is 347 g/mol. The lowest BCUT2D eigenvalue weighted by atomic mass is 9.95. The number of rotatable bonds is 4. The SMILES string of the molecule is O=C(c1ccncc1)N1CCC(c2nccn2Cc2ccccn2)CC1. The van der Waals surface area contributed by atoms with Gasteiger partial charge in [-0.05, 0) is 37.1 Å². The highest BCUT2D eigenvalue weighted by Gasteiger charge is 2.27. The second kappa shape index (κ2) is 7.47. The maximum atomic E-state index is 12.6. The molecule has 1 saturated heterocycles. The Morgan fingerprint density at radius 3 is 2.54 bits per heavy atom. The van der Waals surface area contributed by atoms with Gasteiger partial charge >= 0.3 is 0 Å². The zero-order chi connectivity index (χ0) is 17.8. The lowest BCUT2D eigenvalue weighted by Gasteiger charge is -2.32. The van der Waals surface area contributed by atoms with Crippen molar-refractivity contribution >= 4 is 5.91 Å². The second-order valence-electron chi connectivity index (χ2n) is 6.54. The molecule has 0 radical (unpaired) electrons. The molecule has 3 aromatic heterocycles. The Morgan fingerprint density at radius 2 is 1.81 bits per heavy atom. The number of aromatic nitrogens is 4. The first kappa shape index (κ1) is 16.4. The highest BCUT2D eigenvalue weighted by atomic mass is 16.2. The largest absolute Gasteiger partial charge is 0.339 e. The standard InChI is InChI=1S/C20H21N5O/c26-20(17-4-9-21-10-5-17)24-12-6-16(7-13-24)19-23-11-14-25(19)15-18-3-1-2-8-22-18/h1-5,8-11,14,16H,6-7,12-13,15H2. The molecule has 4 heterocycles. The van der Waals surface area contributed by atoms with Crippen LogP contribution in [0.4, 0.5) is 0 Å². The van der Waals surface area contributed by atoms with Crippen LogP contribution >= 0.6 is 0 Å². The fourth-order valence-corrected chi connectivity index (χ4v) is 3.50. The number of nitrogens with zero attached hydrogens (tertiary/aromatic N) is 5. The smallest absolute Gasteiger partial charge is 0.253 e. The summed E-state index contributed by atoms with van der Waals surface area (Å²) in [5.74, 6) is 1.55. The molecule has 132 valence electrons. The third kappa shape index (κ3) is 3.49. The van der Waals surface area contributed by atoms with Gasteiger partial charge < -0.3 is 9.47 Å². The maximum Gasteiger partial charge on any atom is 0.253 e. The number of amides is 1. The first-order chi connectivity index (χ1) is 12.8. The van der Waals surface area contributed by atoms with E-state index in [4.69, 9.17) is 0 Å². The van der Waals surface area contributed by atoms with E-state index in [9.17, 15) is 4.79 Å². The van der Waals surface area contributed by atoms with E-state index >= 15 is 0 Å². The molecule has 0 saturated carbocycles. The summed E-state index contributed by atoms with van der Waals surface area (Å²) in [6, 6.07) is 9.50. The molecule has 1 fully saturated rings. The first-order valence-corrected chi connectivity index (χ1v) is 8.91. The minimum absolute atomic E-state index is 0.0858. The molecule has 0 spiro atoms. The number of hydrogen-bond acceptors (Lipinski definition) is 4. The molecule has 1 aliphatic heterocycles. The van der Waals surface area contributed by atoms with Crippen molar-refractivity contribution in [2.24, 2.45) is 0 Å². The van der Waals surface area contributed by atoms with Crippen LogP contribution in [0.1, 0.15) is 40.6 Å². The maximum absolute atomic E-state index is 12.6. The molecule has 0 unspecified atom stereocenters. The predicted molar refractivity (Wildman–Crippen MR) is 97.7 cm³/mol. The summed E-state index contributed by atoms with van der Waals surface area (Å²) < 4.78 is 2.17. The molecule has 0 aliphatic carbocycles. The van der Waals surface area contributed by atoms with Crippen LogP contribution in [0, 0.1) is 0 Å². The average Bonchev–Trinajstić information content (AvgIpc) is 3.17. The van der Waals surface area contributed by atoms with Crippen LogP contribution in [-0.4, -0.2) is 43.4 Å². The Balaban J connectivity index is 1.41. The van der Waals surface area contributed by atoms with E-state index < -0.39 is 0 Å². The topological polar surface area (TPSA) is 63.9 Å². The highest BCUT2D eigenvalue weighted by Crippen LogP contribution is 2.28. The highest BCUT2D eigenvalue weighted by molar-refractivity contribution is 5.94. The Morgan fingerprint density at radius 1 is 1.00 bits per heavy atom. The number of likely N-dealkylation sites (tertiary alicyclic amines) is 1. The number of carbonyl (C=O) groups excluding carboxylic acids is 1. The Labute approximate surface area is 152 Å². The first-order valence-electron chi connectivity index (χ1n) is 8.91. The van der Waals surface area contributed by atoms with Gasteiger partial charge in [-0.25, -0.2) is 4.98 Å². The zero-order valence-corrected chi connectivity index (χ0v) is 14.5. The van der Waals surface area contributed by atoms with Gasteiger partial charge in [0, 0.05) is 55.6 Å². The van der Waals surface area contributed by atoms with Crippen LogP contribution in [0.3, 0.4) is 0 Å². The summed E-state index contributed by atoms with van der Waals surface area (Å²) >= 11 is 0. The minimum atomic E-state index is 0.0858. The third-order valence-corrected chi connectivity index (χ3v) is 4.88. The van der Waals surface area contributed by atoms with E-state index in [0.717, 1.165) is 44.0 Å². The average molecular weight is 347 g/mol. The summed E-state index contributed by atoms with van der Waals surface area (Å²) in [5, 5.41) is 0. The number of piperidine rings is 1. The van der Waals surface area contributed by atoms with Gasteiger partial charge in [0.1, 0.15) is 5.82 Å². The Hall–Kier alpha value is -3.02. The molecule has 4 rings (SSSR count). The van der Waals surface area contributed by atoms with Crippen LogP contribution in [0.5, 0.6) is 0 Å². The van der Waals surface area contributed by atoms with Crippen molar-refractivity contribution in [3.8, 4) is 0 Å². The van der Waals surface area contributed by atoms with E-state index in [0.29, 0.717) is 11.5 Å². The van der Waals surface area contributed by atoms with Crippen molar-refractivity contribution in [1.29, 1.82) is 0 Å². The van der Waals surface area contributed by atoms with Crippen molar-refractivity contribution in [1.82, 2.24) is 24.4 Å². The normalized spacial score (nSPS) is 15.2. The van der Waals surface area contributed by atoms with Crippen molar-refractivity contribution < 1.29 is 4.79 Å². The Bertz CT molecular complexity index is 854. The molecule has 0 N–H and O–H groups in total. The van der Waals surface area contributed by atoms with Crippen LogP contribution in [-0.2, 0) is 6.54 Å². The van der Waals surface area contributed by atoms with Gasteiger partial charge in [0.25, 0.3) is 5.91 Å². The molecule has 6 heteroatoms. The van der Waals surface area contributed by atoms with Gasteiger partial charge in [0.15, 0.2) is 0 Å². The number of hydrogen-bond donors (Lipinski definition) is 0. The zero-order valence-electron chi connectivity index (χ0n) is 14.5. The molecule has 0 bridgehead atoms. The van der Waals surface area contributed by atoms with Crippen molar-refractivity contribution in [3.63, 3.8) is 0 Å². The lowest BCUT2D eigenvalue weighted by Crippen LogP contribution is -2.38. The molecule has 3 aromatic rings. The molecular weight excluding hydrogens is 326 g/mol. The molecule has 0 aromatic carbocycles. The number of pyridine rings is 2. The van der Waals surface area contributed by atoms with E-state index in [1.165, 1.54) is 0 Å². The van der Waals surface area contributed by atoms with Crippen molar-refractivity contribution in [2.75, 3.05) is 13.1 Å². The number of carbonyl (C=O) groups is 1. The summed E-state index contributed by atoms with van der Waals surface area (Å²) in [6.07, 6.45) is 10.9. The Kier molecular flexibility index (Phi) is 4.73. The molecule has 26 heavy (non-hydrogen) atoms. The van der Waals surface area contributed by atoms with Gasteiger partial charge in [-0.1, -0.05) is 6.07 Å². The van der Waals surface area contributed by atoms with Crippen LogP contribution in [0.2, 0.25) is 0 Å². The summed E-state index contributed by atoms with van der Waals surface area (Å²) in [6.45, 7) is 2.23. The molecule has 1 aliphatic rings. The van der Waals surface area contributed by atoms with Crippen molar-refractivity contribution in [3.05, 3.63) is 78.4 Å². The summed E-state index contributed by atoms with van der Waals surface area (Å²) in [5.41, 5.74) is 1.73. The fourth-order valence-electron chi connectivity index (χ4n) is 3.50. The second-order valence-corrected chi connectivity index (χ2v) is 6.54. The molecular formula is C20H21N5O. The van der Waals surface area contributed by atoms with Gasteiger partial charge in [-0.2, -0.15) is 0 Å². The molecule has 0 atom stereocenters. The van der Waals surface area contributed by atoms with E-state index in [1.807, 2.05) is 41.7 Å². The predicted octanol–water partition coefficient (Wildman–Crippen LogP) is 2.74. The summed E-state index contributed by atoms with van der Waals surface area (Å²) in [7, 11) is 0. The summed E-state index contributed by atoms with van der Waals surface area (Å²) in [4.78, 5) is 27.5. The lowest BCUT2D eigenvalue weighted by molar-refractivity contribution is 0.0710. The van der Waals surface area contributed by atoms with Gasteiger partial charge in [-0.15, -0.1) is 0 Å². The minimum Gasteiger partial charge on any atom is -0.339 e. The molecule has 6 nitrogen and oxygen atoms in total. The quantitative estimate of drug-likeness (QED) is 0.728. The van der Waals surface area contributed by atoms with E-state index in [-0.39, 0.29) is 5.91 Å². The van der Waals surface area contributed by atoms with Crippen LogP contribution in [0.25, 0.3) is 0 Å². The molecule has 1 amide bonds. The van der Waals surface area contributed by atoms with Gasteiger partial charge in [0.05, 0.1) is 12.2 Å². The third-order valence-electron chi connectivity index (χ3n) is 4.88. The van der Waals surface area contributed by atoms with Crippen LogP contribution in [0.15, 0.2) is 61.3 Å². The van der Waals surface area contributed by atoms with Gasteiger partial charge in [0.2, 0.25) is 0 Å². The van der Waals surface area contributed by atoms with Crippen LogP contribution < -0.4 is 0 Å². The van der Waals surface area contributed by atoms with E-state index in [1.54, 1.807) is 24.5 Å². The van der Waals surface area contributed by atoms with Gasteiger partial charge in [-0.3, -0.25) is 14.8 Å². The van der Waals surface area contributed by atoms with E-state index in [2.05, 4.69) is 19.5 Å².